The van der Waals surface area contributed by atoms with Crippen molar-refractivity contribution in [3.63, 3.8) is 0 Å². The Morgan fingerprint density at radius 3 is 2.36 bits per heavy atom. The van der Waals surface area contributed by atoms with Crippen LogP contribution in [0.25, 0.3) is 0 Å². The van der Waals surface area contributed by atoms with E-state index in [0.29, 0.717) is 16.9 Å². The molecule has 0 atom stereocenters. The van der Waals surface area contributed by atoms with Crippen molar-refractivity contribution in [2.75, 3.05) is 28.2 Å². The van der Waals surface area contributed by atoms with E-state index in [-0.39, 0.29) is 17.0 Å². The fourth-order valence-corrected chi connectivity index (χ4v) is 3.50. The zero-order valence-corrected chi connectivity index (χ0v) is 18.7. The summed E-state index contributed by atoms with van der Waals surface area (Å²) in [5.41, 5.74) is 1.57. The maximum absolute atomic E-state index is 13.7. The summed E-state index contributed by atoms with van der Waals surface area (Å²) in [6.45, 7) is 1.29. The van der Waals surface area contributed by atoms with Gasteiger partial charge < -0.3 is 15.4 Å². The molecule has 33 heavy (non-hydrogen) atoms. The lowest BCUT2D eigenvalue weighted by atomic mass is 10.1. The van der Waals surface area contributed by atoms with Gasteiger partial charge in [0.1, 0.15) is 11.6 Å². The normalized spacial score (nSPS) is 10.9. The van der Waals surface area contributed by atoms with E-state index >= 15 is 0 Å². The number of carbonyl (C=O) groups excluding carboxylic acids is 2. The van der Waals surface area contributed by atoms with Gasteiger partial charge in [0, 0.05) is 5.69 Å². The molecule has 0 radical (unpaired) electrons. The highest BCUT2D eigenvalue weighted by Gasteiger charge is 2.15. The predicted octanol–water partition coefficient (Wildman–Crippen LogP) is 3.78. The number of nitrogens with one attached hydrogen (secondary N) is 3. The zero-order chi connectivity index (χ0) is 24.0. The summed E-state index contributed by atoms with van der Waals surface area (Å²) >= 11 is 0. The average molecular weight is 472 g/mol. The van der Waals surface area contributed by atoms with Gasteiger partial charge in [-0.2, -0.15) is 0 Å². The Morgan fingerprint density at radius 1 is 0.939 bits per heavy atom. The minimum Gasteiger partial charge on any atom is -0.483 e. The fraction of sp³-hybridized carbons (Fsp3) is 0.130. The number of rotatable bonds is 8. The highest BCUT2D eigenvalue weighted by Crippen LogP contribution is 2.24. The predicted molar refractivity (Wildman–Crippen MR) is 125 cm³/mol. The van der Waals surface area contributed by atoms with Gasteiger partial charge in [0.05, 0.1) is 23.2 Å². The summed E-state index contributed by atoms with van der Waals surface area (Å²) in [6.07, 6.45) is 1.04. The largest absolute Gasteiger partial charge is 0.483 e. The number of hydrogen-bond donors (Lipinski definition) is 3. The number of ether oxygens (including phenoxy) is 1. The van der Waals surface area contributed by atoms with Crippen molar-refractivity contribution < 1.29 is 27.1 Å². The first-order chi connectivity index (χ1) is 15.6. The van der Waals surface area contributed by atoms with Crippen molar-refractivity contribution in [2.45, 2.75) is 6.92 Å². The quantitative estimate of drug-likeness (QED) is 0.463. The van der Waals surface area contributed by atoms with Crippen LogP contribution in [0.2, 0.25) is 0 Å². The molecular formula is C23H22FN3O5S. The first kappa shape index (κ1) is 23.7. The van der Waals surface area contributed by atoms with Gasteiger partial charge in [0.25, 0.3) is 11.8 Å². The number of amides is 2. The van der Waals surface area contributed by atoms with Crippen molar-refractivity contribution in [3.05, 3.63) is 83.7 Å². The Bertz CT molecular complexity index is 1290. The highest BCUT2D eigenvalue weighted by molar-refractivity contribution is 7.92. The molecule has 3 rings (SSSR count). The van der Waals surface area contributed by atoms with Crippen molar-refractivity contribution >= 4 is 38.9 Å². The second-order valence-electron chi connectivity index (χ2n) is 7.17. The van der Waals surface area contributed by atoms with Gasteiger partial charge in [-0.15, -0.1) is 0 Å². The summed E-state index contributed by atoms with van der Waals surface area (Å²) in [7, 11) is -3.49. The molecule has 0 aliphatic carbocycles. The average Bonchev–Trinajstić information content (AvgIpc) is 2.75. The van der Waals surface area contributed by atoms with Crippen LogP contribution in [-0.4, -0.2) is 33.1 Å². The standard InChI is InChI=1S/C23H22FN3O5S/c1-15-11-12-16(13-20(15)27-33(2,30)31)25-23(29)17-7-3-6-10-21(17)32-14-22(28)26-19-9-5-4-8-18(19)24/h3-13,27H,14H2,1-2H3,(H,25,29)(H,26,28). The monoisotopic (exact) mass is 471 g/mol. The fourth-order valence-electron chi connectivity index (χ4n) is 2.88. The SMILES string of the molecule is Cc1ccc(NC(=O)c2ccccc2OCC(=O)Nc2ccccc2F)cc1NS(C)(=O)=O. The Balaban J connectivity index is 1.70. The smallest absolute Gasteiger partial charge is 0.262 e. The molecule has 0 heterocycles. The molecule has 0 fully saturated rings. The lowest BCUT2D eigenvalue weighted by molar-refractivity contribution is -0.118. The molecule has 0 aliphatic rings. The van der Waals surface area contributed by atoms with Crippen LogP contribution in [-0.2, 0) is 14.8 Å². The van der Waals surface area contributed by atoms with Crippen LogP contribution in [0.15, 0.2) is 66.7 Å². The van der Waals surface area contributed by atoms with E-state index in [1.165, 1.54) is 36.4 Å². The van der Waals surface area contributed by atoms with Crippen LogP contribution < -0.4 is 20.1 Å². The molecule has 3 N–H and O–H groups in total. The summed E-state index contributed by atoms with van der Waals surface area (Å²) in [5, 5.41) is 5.09. The number of halogens is 1. The van der Waals surface area contributed by atoms with E-state index < -0.39 is 34.3 Å². The first-order valence-corrected chi connectivity index (χ1v) is 11.7. The molecule has 3 aromatic carbocycles. The second-order valence-corrected chi connectivity index (χ2v) is 8.92. The number of sulfonamides is 1. The van der Waals surface area contributed by atoms with Gasteiger partial charge in [-0.25, -0.2) is 12.8 Å². The third kappa shape index (κ3) is 6.78. The number of carbonyl (C=O) groups is 2. The van der Waals surface area contributed by atoms with E-state index in [4.69, 9.17) is 4.74 Å². The Labute approximate surface area is 190 Å². The number of para-hydroxylation sites is 2. The van der Waals surface area contributed by atoms with Gasteiger partial charge in [-0.3, -0.25) is 14.3 Å². The molecule has 0 aromatic heterocycles. The first-order valence-electron chi connectivity index (χ1n) is 9.78. The minimum absolute atomic E-state index is 0.0232. The Morgan fingerprint density at radius 2 is 1.64 bits per heavy atom. The summed E-state index contributed by atoms with van der Waals surface area (Å²) in [4.78, 5) is 25.0. The number of aryl methyl sites for hydroxylation is 1. The molecule has 0 unspecified atom stereocenters. The molecule has 2 amide bonds. The summed E-state index contributed by atoms with van der Waals surface area (Å²) < 4.78 is 44.7. The van der Waals surface area contributed by atoms with Gasteiger partial charge in [-0.1, -0.05) is 30.3 Å². The molecule has 0 spiro atoms. The van der Waals surface area contributed by atoms with Crippen LogP contribution in [0.4, 0.5) is 21.5 Å². The Kier molecular flexibility index (Phi) is 7.29. The number of anilines is 3. The number of hydrogen-bond acceptors (Lipinski definition) is 5. The maximum Gasteiger partial charge on any atom is 0.262 e. The van der Waals surface area contributed by atoms with Crippen LogP contribution in [0.1, 0.15) is 15.9 Å². The van der Waals surface area contributed by atoms with E-state index in [1.54, 1.807) is 37.3 Å². The Hall–Kier alpha value is -3.92. The molecule has 0 saturated heterocycles. The van der Waals surface area contributed by atoms with E-state index in [9.17, 15) is 22.4 Å². The summed E-state index contributed by atoms with van der Waals surface area (Å²) in [5.74, 6) is -1.53. The molecule has 0 saturated carbocycles. The van der Waals surface area contributed by atoms with Crippen molar-refractivity contribution in [1.29, 1.82) is 0 Å². The van der Waals surface area contributed by atoms with E-state index in [1.807, 2.05) is 0 Å². The molecule has 0 aliphatic heterocycles. The topological polar surface area (TPSA) is 114 Å². The molecular weight excluding hydrogens is 449 g/mol. The van der Waals surface area contributed by atoms with Gasteiger partial charge in [-0.05, 0) is 48.9 Å². The summed E-state index contributed by atoms with van der Waals surface area (Å²) in [6, 6.07) is 16.8. The highest BCUT2D eigenvalue weighted by atomic mass is 32.2. The lowest BCUT2D eigenvalue weighted by Crippen LogP contribution is -2.22. The van der Waals surface area contributed by atoms with Crippen molar-refractivity contribution in [3.8, 4) is 5.75 Å². The zero-order valence-electron chi connectivity index (χ0n) is 17.9. The van der Waals surface area contributed by atoms with Gasteiger partial charge in [0.15, 0.2) is 6.61 Å². The maximum atomic E-state index is 13.7. The van der Waals surface area contributed by atoms with Crippen LogP contribution in [0.5, 0.6) is 5.75 Å². The number of benzene rings is 3. The van der Waals surface area contributed by atoms with Crippen molar-refractivity contribution in [2.24, 2.45) is 0 Å². The second kappa shape index (κ2) is 10.1. The van der Waals surface area contributed by atoms with E-state index in [0.717, 1.165) is 6.26 Å². The third-order valence-corrected chi connectivity index (χ3v) is 5.02. The molecule has 0 bridgehead atoms. The van der Waals surface area contributed by atoms with E-state index in [2.05, 4.69) is 15.4 Å². The molecule has 172 valence electrons. The minimum atomic E-state index is -3.49. The molecule has 8 nitrogen and oxygen atoms in total. The lowest BCUT2D eigenvalue weighted by Gasteiger charge is -2.13. The van der Waals surface area contributed by atoms with Crippen LogP contribution in [0.3, 0.4) is 0 Å². The van der Waals surface area contributed by atoms with Crippen molar-refractivity contribution in [1.82, 2.24) is 0 Å². The van der Waals surface area contributed by atoms with Crippen LogP contribution >= 0.6 is 0 Å². The third-order valence-electron chi connectivity index (χ3n) is 4.43. The molecule has 3 aromatic rings. The molecule has 10 heteroatoms. The van der Waals surface area contributed by atoms with Gasteiger partial charge >= 0.3 is 0 Å². The van der Waals surface area contributed by atoms with Gasteiger partial charge in [0.2, 0.25) is 10.0 Å². The van der Waals surface area contributed by atoms with Crippen LogP contribution in [0, 0.1) is 12.7 Å².